The maximum absolute atomic E-state index is 13.5. The zero-order valence-electron chi connectivity index (χ0n) is 15.4. The summed E-state index contributed by atoms with van der Waals surface area (Å²) in [7, 11) is 2.21. The second-order valence-electron chi connectivity index (χ2n) is 7.97. The second kappa shape index (κ2) is 6.42. The van der Waals surface area contributed by atoms with Gasteiger partial charge >= 0.3 is 0 Å². The average molecular weight is 333 g/mol. The fraction of sp³-hybridized carbons (Fsp3) is 0.435. The number of nitrogens with zero attached hydrogens (tertiary/aromatic N) is 1. The highest BCUT2D eigenvalue weighted by Crippen LogP contribution is 2.47. The highest BCUT2D eigenvalue weighted by Gasteiger charge is 2.48. The van der Waals surface area contributed by atoms with Crippen LogP contribution in [0.2, 0.25) is 0 Å². The van der Waals surface area contributed by atoms with Gasteiger partial charge in [0.05, 0.1) is 0 Å². The van der Waals surface area contributed by atoms with E-state index >= 15 is 0 Å². The first-order valence-corrected chi connectivity index (χ1v) is 9.44. The fourth-order valence-electron chi connectivity index (χ4n) is 4.89. The molecule has 2 bridgehead atoms. The summed E-state index contributed by atoms with van der Waals surface area (Å²) in [6, 6.07) is 18.0. The molecule has 4 atom stereocenters. The Labute approximate surface area is 150 Å². The zero-order chi connectivity index (χ0) is 17.6. The SMILES string of the molecule is Cc1ccc(C(=O)[C@@H]2C3CCC(C[C@@H]2c2ccc(C)cc2)N3C)cc1. The summed E-state index contributed by atoms with van der Waals surface area (Å²) in [5.41, 5.74) is 4.68. The van der Waals surface area contributed by atoms with Crippen molar-refractivity contribution in [1.82, 2.24) is 4.90 Å². The number of hydrogen-bond acceptors (Lipinski definition) is 2. The molecule has 0 amide bonds. The van der Waals surface area contributed by atoms with Gasteiger partial charge in [-0.15, -0.1) is 0 Å². The Bertz CT molecular complexity index is 762. The van der Waals surface area contributed by atoms with Crippen LogP contribution in [-0.4, -0.2) is 29.8 Å². The lowest BCUT2D eigenvalue weighted by Crippen LogP contribution is -2.48. The largest absolute Gasteiger partial charge is 0.300 e. The van der Waals surface area contributed by atoms with Crippen LogP contribution in [0.4, 0.5) is 0 Å². The van der Waals surface area contributed by atoms with Gasteiger partial charge in [-0.05, 0) is 51.6 Å². The summed E-state index contributed by atoms with van der Waals surface area (Å²) in [5.74, 6) is 0.722. The lowest BCUT2D eigenvalue weighted by Gasteiger charge is -2.42. The first-order chi connectivity index (χ1) is 12.0. The molecule has 0 aromatic heterocycles. The molecule has 2 aromatic rings. The van der Waals surface area contributed by atoms with Crippen LogP contribution < -0.4 is 0 Å². The van der Waals surface area contributed by atoms with Gasteiger partial charge < -0.3 is 0 Å². The predicted octanol–water partition coefficient (Wildman–Crippen LogP) is 4.75. The number of piperidine rings is 1. The summed E-state index contributed by atoms with van der Waals surface area (Å²) >= 11 is 0. The minimum absolute atomic E-state index is 0.0640. The number of hydrogen-bond donors (Lipinski definition) is 0. The van der Waals surface area contributed by atoms with Crippen molar-refractivity contribution >= 4 is 5.78 Å². The number of fused-ring (bicyclic) bond motifs is 2. The number of aryl methyl sites for hydroxylation is 2. The first-order valence-electron chi connectivity index (χ1n) is 9.44. The quantitative estimate of drug-likeness (QED) is 0.755. The Morgan fingerprint density at radius 3 is 2.16 bits per heavy atom. The molecule has 0 aliphatic carbocycles. The Balaban J connectivity index is 1.72. The van der Waals surface area contributed by atoms with Crippen LogP contribution in [0.3, 0.4) is 0 Å². The van der Waals surface area contributed by atoms with Gasteiger partial charge in [0.25, 0.3) is 0 Å². The Morgan fingerprint density at radius 1 is 0.920 bits per heavy atom. The summed E-state index contributed by atoms with van der Waals surface area (Å²) in [4.78, 5) is 15.9. The highest BCUT2D eigenvalue weighted by atomic mass is 16.1. The maximum atomic E-state index is 13.5. The van der Waals surface area contributed by atoms with Crippen molar-refractivity contribution < 1.29 is 4.79 Å². The lowest BCUT2D eigenvalue weighted by atomic mass is 9.72. The summed E-state index contributed by atoms with van der Waals surface area (Å²) in [6.45, 7) is 4.19. The zero-order valence-corrected chi connectivity index (χ0v) is 15.4. The number of rotatable bonds is 3. The van der Waals surface area contributed by atoms with E-state index in [1.165, 1.54) is 23.1 Å². The van der Waals surface area contributed by atoms with Gasteiger partial charge in [-0.1, -0.05) is 59.7 Å². The summed E-state index contributed by atoms with van der Waals surface area (Å²) in [6.07, 6.45) is 3.46. The number of Topliss-reactive ketones (excluding diaryl/α,β-unsaturated/α-hetero) is 1. The van der Waals surface area contributed by atoms with Gasteiger partial charge in [-0.2, -0.15) is 0 Å². The van der Waals surface area contributed by atoms with Crippen molar-refractivity contribution in [2.45, 2.75) is 51.1 Å². The van der Waals surface area contributed by atoms with Crippen molar-refractivity contribution in [3.05, 3.63) is 70.8 Å². The molecule has 0 spiro atoms. The van der Waals surface area contributed by atoms with Gasteiger partial charge in [-0.25, -0.2) is 0 Å². The summed E-state index contributed by atoms with van der Waals surface area (Å²) < 4.78 is 0. The molecule has 2 nitrogen and oxygen atoms in total. The van der Waals surface area contributed by atoms with Crippen molar-refractivity contribution in [3.8, 4) is 0 Å². The minimum atomic E-state index is 0.0640. The third kappa shape index (κ3) is 2.93. The molecule has 25 heavy (non-hydrogen) atoms. The highest BCUT2D eigenvalue weighted by molar-refractivity contribution is 5.99. The second-order valence-corrected chi connectivity index (χ2v) is 7.97. The van der Waals surface area contributed by atoms with Crippen molar-refractivity contribution in [1.29, 1.82) is 0 Å². The molecular formula is C23H27NO. The molecular weight excluding hydrogens is 306 g/mol. The van der Waals surface area contributed by atoms with Crippen LogP contribution in [-0.2, 0) is 0 Å². The van der Waals surface area contributed by atoms with Gasteiger partial charge in [0, 0.05) is 23.6 Å². The molecule has 2 heterocycles. The van der Waals surface area contributed by atoms with E-state index in [0.29, 0.717) is 23.8 Å². The van der Waals surface area contributed by atoms with Crippen LogP contribution >= 0.6 is 0 Å². The molecule has 2 saturated heterocycles. The van der Waals surface area contributed by atoms with E-state index in [0.717, 1.165) is 18.4 Å². The molecule has 2 unspecified atom stereocenters. The number of carbonyl (C=O) groups is 1. The van der Waals surface area contributed by atoms with Crippen molar-refractivity contribution in [2.75, 3.05) is 7.05 Å². The molecule has 130 valence electrons. The maximum Gasteiger partial charge on any atom is 0.168 e. The molecule has 2 aliphatic heterocycles. The van der Waals surface area contributed by atoms with E-state index < -0.39 is 0 Å². The van der Waals surface area contributed by atoms with Crippen LogP contribution in [0.15, 0.2) is 48.5 Å². The number of benzene rings is 2. The van der Waals surface area contributed by atoms with Crippen molar-refractivity contribution in [2.24, 2.45) is 5.92 Å². The van der Waals surface area contributed by atoms with Gasteiger partial charge in [0.1, 0.15) is 0 Å². The van der Waals surface area contributed by atoms with E-state index in [2.05, 4.69) is 62.2 Å². The molecule has 2 aromatic carbocycles. The van der Waals surface area contributed by atoms with Crippen molar-refractivity contribution in [3.63, 3.8) is 0 Å². The fourth-order valence-corrected chi connectivity index (χ4v) is 4.89. The van der Waals surface area contributed by atoms with E-state index in [9.17, 15) is 4.79 Å². The van der Waals surface area contributed by atoms with Crippen LogP contribution in [0.25, 0.3) is 0 Å². The lowest BCUT2D eigenvalue weighted by molar-refractivity contribution is 0.0643. The Kier molecular flexibility index (Phi) is 4.24. The molecule has 2 fully saturated rings. The smallest absolute Gasteiger partial charge is 0.168 e. The van der Waals surface area contributed by atoms with Crippen LogP contribution in [0.5, 0.6) is 0 Å². The third-order valence-corrected chi connectivity index (χ3v) is 6.41. The standard InChI is InChI=1S/C23H27NO/c1-15-4-8-17(9-5-15)20-14-19-12-13-21(24(19)3)22(20)23(25)18-10-6-16(2)7-11-18/h4-11,19-22H,12-14H2,1-3H3/t19?,20-,21?,22+/m1/s1. The van der Waals surface area contributed by atoms with E-state index in [1.54, 1.807) is 0 Å². The number of carbonyl (C=O) groups excluding carboxylic acids is 1. The molecule has 0 radical (unpaired) electrons. The Hall–Kier alpha value is -1.93. The van der Waals surface area contributed by atoms with Gasteiger partial charge in [-0.3, -0.25) is 9.69 Å². The third-order valence-electron chi connectivity index (χ3n) is 6.41. The van der Waals surface area contributed by atoms with Gasteiger partial charge in [0.15, 0.2) is 5.78 Å². The predicted molar refractivity (Wildman–Crippen MR) is 102 cm³/mol. The molecule has 2 aliphatic rings. The molecule has 0 N–H and O–H groups in total. The molecule has 0 saturated carbocycles. The van der Waals surface area contributed by atoms with E-state index in [-0.39, 0.29) is 5.92 Å². The topological polar surface area (TPSA) is 20.3 Å². The summed E-state index contributed by atoms with van der Waals surface area (Å²) in [5, 5.41) is 0. The molecule has 2 heteroatoms. The first kappa shape index (κ1) is 16.5. The minimum Gasteiger partial charge on any atom is -0.300 e. The Morgan fingerprint density at radius 2 is 1.52 bits per heavy atom. The van der Waals surface area contributed by atoms with Crippen LogP contribution in [0.1, 0.15) is 52.2 Å². The van der Waals surface area contributed by atoms with E-state index in [1.807, 2.05) is 12.1 Å². The monoisotopic (exact) mass is 333 g/mol. The van der Waals surface area contributed by atoms with Crippen LogP contribution in [0, 0.1) is 19.8 Å². The average Bonchev–Trinajstić information content (AvgIpc) is 2.85. The number of ketones is 1. The van der Waals surface area contributed by atoms with E-state index in [4.69, 9.17) is 0 Å². The van der Waals surface area contributed by atoms with Gasteiger partial charge in [0.2, 0.25) is 0 Å². The molecule has 4 rings (SSSR count). The normalized spacial score (nSPS) is 28.9.